The summed E-state index contributed by atoms with van der Waals surface area (Å²) in [5, 5.41) is 3.58. The summed E-state index contributed by atoms with van der Waals surface area (Å²) < 4.78 is 16.7. The molecule has 0 bridgehead atoms. The van der Waals surface area contributed by atoms with Crippen molar-refractivity contribution in [3.63, 3.8) is 0 Å². The lowest BCUT2D eigenvalue weighted by Gasteiger charge is -2.31. The van der Waals surface area contributed by atoms with Gasteiger partial charge in [-0.05, 0) is 49.1 Å². The fourth-order valence-corrected chi connectivity index (χ4v) is 3.11. The number of nitrogens with one attached hydrogen (secondary N) is 1. The maximum Gasteiger partial charge on any atom is 0.161 e. The van der Waals surface area contributed by atoms with Crippen LogP contribution in [0.1, 0.15) is 30.0 Å². The van der Waals surface area contributed by atoms with Crippen LogP contribution in [-0.2, 0) is 11.2 Å². The average Bonchev–Trinajstić information content (AvgIpc) is 2.99. The zero-order valence-electron chi connectivity index (χ0n) is 11.6. The number of rotatable bonds is 3. The normalized spacial score (nSPS) is 26.0. The van der Waals surface area contributed by atoms with Crippen molar-refractivity contribution in [2.75, 3.05) is 27.4 Å². The summed E-state index contributed by atoms with van der Waals surface area (Å²) in [7, 11) is 3.37. The summed E-state index contributed by atoms with van der Waals surface area (Å²) in [5.74, 6) is 1.61. The molecule has 3 rings (SSSR count). The number of hydrogen-bond donors (Lipinski definition) is 1. The number of hydrogen-bond acceptors (Lipinski definition) is 4. The molecule has 1 unspecified atom stereocenters. The van der Waals surface area contributed by atoms with Gasteiger partial charge >= 0.3 is 0 Å². The Morgan fingerprint density at radius 3 is 2.68 bits per heavy atom. The van der Waals surface area contributed by atoms with Crippen molar-refractivity contribution < 1.29 is 14.2 Å². The highest BCUT2D eigenvalue weighted by atomic mass is 16.5. The molecule has 2 heterocycles. The molecule has 0 spiro atoms. The molecule has 1 aromatic carbocycles. The summed E-state index contributed by atoms with van der Waals surface area (Å²) in [5.41, 5.74) is 2.65. The van der Waals surface area contributed by atoms with Gasteiger partial charge in [-0.1, -0.05) is 0 Å². The van der Waals surface area contributed by atoms with Crippen LogP contribution in [0.15, 0.2) is 12.1 Å². The van der Waals surface area contributed by atoms with Gasteiger partial charge in [0.15, 0.2) is 11.5 Å². The van der Waals surface area contributed by atoms with Crippen LogP contribution in [0.5, 0.6) is 11.5 Å². The van der Waals surface area contributed by atoms with Crippen LogP contribution in [0.25, 0.3) is 0 Å². The molecule has 0 radical (unpaired) electrons. The van der Waals surface area contributed by atoms with E-state index in [-0.39, 0.29) is 12.1 Å². The minimum absolute atomic E-state index is 0.283. The lowest BCUT2D eigenvalue weighted by molar-refractivity contribution is 0.0761. The zero-order valence-corrected chi connectivity index (χ0v) is 11.6. The van der Waals surface area contributed by atoms with Gasteiger partial charge < -0.3 is 19.5 Å². The molecular formula is C15H21NO3. The van der Waals surface area contributed by atoms with Crippen LogP contribution < -0.4 is 14.8 Å². The summed E-state index contributed by atoms with van der Waals surface area (Å²) in [4.78, 5) is 0. The molecule has 1 fully saturated rings. The summed E-state index contributed by atoms with van der Waals surface area (Å²) >= 11 is 0. The van der Waals surface area contributed by atoms with Gasteiger partial charge in [0.2, 0.25) is 0 Å². The molecule has 4 heteroatoms. The lowest BCUT2D eigenvalue weighted by atomic mass is 9.89. The quantitative estimate of drug-likeness (QED) is 0.906. The lowest BCUT2D eigenvalue weighted by Crippen LogP contribution is -2.37. The molecule has 19 heavy (non-hydrogen) atoms. The van der Waals surface area contributed by atoms with Crippen LogP contribution in [0.3, 0.4) is 0 Å². The predicted molar refractivity (Wildman–Crippen MR) is 73.0 cm³/mol. The van der Waals surface area contributed by atoms with Crippen molar-refractivity contribution in [3.8, 4) is 11.5 Å². The van der Waals surface area contributed by atoms with Gasteiger partial charge in [-0.15, -0.1) is 0 Å². The third-order valence-corrected chi connectivity index (χ3v) is 4.08. The number of fused-ring (bicyclic) bond motifs is 1. The molecule has 4 nitrogen and oxygen atoms in total. The molecule has 1 saturated heterocycles. The topological polar surface area (TPSA) is 39.7 Å². The number of benzene rings is 1. The van der Waals surface area contributed by atoms with Gasteiger partial charge in [0.25, 0.3) is 0 Å². The van der Waals surface area contributed by atoms with E-state index in [9.17, 15) is 0 Å². The van der Waals surface area contributed by atoms with Crippen LogP contribution in [-0.4, -0.2) is 33.5 Å². The van der Waals surface area contributed by atoms with Gasteiger partial charge in [0, 0.05) is 6.61 Å². The minimum Gasteiger partial charge on any atom is -0.493 e. The molecule has 1 N–H and O–H groups in total. The summed E-state index contributed by atoms with van der Waals surface area (Å²) in [6.07, 6.45) is 3.60. The zero-order chi connectivity index (χ0) is 13.2. The highest BCUT2D eigenvalue weighted by Crippen LogP contribution is 2.38. The maximum atomic E-state index is 5.84. The maximum absolute atomic E-state index is 5.84. The standard InChI is InChI=1S/C15H21NO3/c1-17-13-8-10-5-6-16-15(12-4-3-7-19-12)11(10)9-14(13)18-2/h8-9,12,15-16H,3-7H2,1-2H3/t12?,15-/m0/s1. The van der Waals surface area contributed by atoms with E-state index < -0.39 is 0 Å². The highest BCUT2D eigenvalue weighted by molar-refractivity contribution is 5.49. The molecule has 2 aliphatic heterocycles. The van der Waals surface area contributed by atoms with Crippen LogP contribution in [0.4, 0.5) is 0 Å². The second-order valence-electron chi connectivity index (χ2n) is 5.14. The SMILES string of the molecule is COc1cc2c(cc1OC)[C@@H](C1CCCO1)NCC2. The van der Waals surface area contributed by atoms with E-state index in [0.29, 0.717) is 0 Å². The molecule has 0 saturated carbocycles. The van der Waals surface area contributed by atoms with Crippen LogP contribution in [0.2, 0.25) is 0 Å². The Morgan fingerprint density at radius 1 is 1.21 bits per heavy atom. The summed E-state index contributed by atoms with van der Waals surface area (Å²) in [6, 6.07) is 4.50. The summed E-state index contributed by atoms with van der Waals surface area (Å²) in [6.45, 7) is 1.87. The first kappa shape index (κ1) is 12.8. The molecule has 2 aliphatic rings. The van der Waals surface area contributed by atoms with Crippen LogP contribution in [0, 0.1) is 0 Å². The van der Waals surface area contributed by atoms with Crippen molar-refractivity contribution in [3.05, 3.63) is 23.3 Å². The first-order valence-electron chi connectivity index (χ1n) is 6.93. The third kappa shape index (κ3) is 2.30. The number of ether oxygens (including phenoxy) is 3. The highest BCUT2D eigenvalue weighted by Gasteiger charge is 2.31. The molecular weight excluding hydrogens is 242 g/mol. The molecule has 0 aliphatic carbocycles. The first-order valence-corrected chi connectivity index (χ1v) is 6.93. The fraction of sp³-hybridized carbons (Fsp3) is 0.600. The van der Waals surface area contributed by atoms with Crippen molar-refractivity contribution in [2.24, 2.45) is 0 Å². The third-order valence-electron chi connectivity index (χ3n) is 4.08. The van der Waals surface area contributed by atoms with Gasteiger partial charge in [-0.25, -0.2) is 0 Å². The molecule has 1 aromatic rings. The van der Waals surface area contributed by atoms with E-state index in [2.05, 4.69) is 17.4 Å². The van der Waals surface area contributed by atoms with E-state index in [1.165, 1.54) is 11.1 Å². The molecule has 2 atom stereocenters. The van der Waals surface area contributed by atoms with Crippen molar-refractivity contribution in [2.45, 2.75) is 31.4 Å². The largest absolute Gasteiger partial charge is 0.493 e. The van der Waals surface area contributed by atoms with Crippen molar-refractivity contribution in [1.82, 2.24) is 5.32 Å². The van der Waals surface area contributed by atoms with Gasteiger partial charge in [-0.2, -0.15) is 0 Å². The Kier molecular flexibility index (Phi) is 3.62. The van der Waals surface area contributed by atoms with Crippen molar-refractivity contribution in [1.29, 1.82) is 0 Å². The Labute approximate surface area is 114 Å². The fourth-order valence-electron chi connectivity index (χ4n) is 3.11. The second-order valence-corrected chi connectivity index (χ2v) is 5.14. The Hall–Kier alpha value is -1.26. The van der Waals surface area contributed by atoms with E-state index in [4.69, 9.17) is 14.2 Å². The smallest absolute Gasteiger partial charge is 0.161 e. The second kappa shape index (κ2) is 5.39. The monoisotopic (exact) mass is 263 g/mol. The number of methoxy groups -OCH3 is 2. The molecule has 0 amide bonds. The van der Waals surface area contributed by atoms with Crippen molar-refractivity contribution >= 4 is 0 Å². The minimum atomic E-state index is 0.283. The first-order chi connectivity index (χ1) is 9.33. The van der Waals surface area contributed by atoms with Gasteiger partial charge in [-0.3, -0.25) is 0 Å². The van der Waals surface area contributed by atoms with Crippen LogP contribution >= 0.6 is 0 Å². The molecule has 0 aromatic heterocycles. The van der Waals surface area contributed by atoms with Gasteiger partial charge in [0.1, 0.15) is 0 Å². The predicted octanol–water partition coefficient (Wildman–Crippen LogP) is 2.07. The Balaban J connectivity index is 1.98. The van der Waals surface area contributed by atoms with E-state index in [1.54, 1.807) is 14.2 Å². The van der Waals surface area contributed by atoms with E-state index in [0.717, 1.165) is 43.9 Å². The van der Waals surface area contributed by atoms with E-state index in [1.807, 2.05) is 0 Å². The average molecular weight is 263 g/mol. The Bertz CT molecular complexity index is 455. The van der Waals surface area contributed by atoms with Gasteiger partial charge in [0.05, 0.1) is 26.4 Å². The Morgan fingerprint density at radius 2 is 2.00 bits per heavy atom. The van der Waals surface area contributed by atoms with E-state index >= 15 is 0 Å². The molecule has 104 valence electrons.